The van der Waals surface area contributed by atoms with E-state index in [0.717, 1.165) is 6.42 Å². The molecule has 72 valence electrons. The van der Waals surface area contributed by atoms with Crippen molar-refractivity contribution in [3.63, 3.8) is 0 Å². The normalized spacial score (nSPS) is 14.2. The molecule has 1 aromatic heterocycles. The summed E-state index contributed by atoms with van der Waals surface area (Å²) in [6.45, 7) is 9.16. The zero-order valence-electron chi connectivity index (χ0n) is 9.04. The first-order chi connectivity index (χ1) is 6.00. The van der Waals surface area contributed by atoms with E-state index in [-0.39, 0.29) is 0 Å². The molecule has 1 unspecified atom stereocenters. The van der Waals surface area contributed by atoms with Crippen LogP contribution in [0.4, 0.5) is 0 Å². The van der Waals surface area contributed by atoms with E-state index in [1.54, 1.807) is 0 Å². The van der Waals surface area contributed by atoms with Gasteiger partial charge in [0.05, 0.1) is 0 Å². The van der Waals surface area contributed by atoms with E-state index in [9.17, 15) is 0 Å². The average molecular weight is 177 g/mol. The van der Waals surface area contributed by atoms with E-state index < -0.39 is 0 Å². The second kappa shape index (κ2) is 3.91. The van der Waals surface area contributed by atoms with E-state index in [1.807, 2.05) is 18.5 Å². The van der Waals surface area contributed by atoms with Crippen LogP contribution in [0.15, 0.2) is 24.5 Å². The molecule has 0 N–H and O–H groups in total. The second-order valence-corrected chi connectivity index (χ2v) is 4.83. The standard InChI is InChI=1S/C12H19N/c1-10(12(2,3)4)8-11-6-5-7-13-9-11/h5-7,9-10H,8H2,1-4H3. The molecule has 0 fully saturated rings. The largest absolute Gasteiger partial charge is 0.264 e. The maximum atomic E-state index is 4.12. The van der Waals surface area contributed by atoms with Gasteiger partial charge in [-0.05, 0) is 29.4 Å². The van der Waals surface area contributed by atoms with Crippen LogP contribution in [0.3, 0.4) is 0 Å². The van der Waals surface area contributed by atoms with Crippen molar-refractivity contribution < 1.29 is 0 Å². The monoisotopic (exact) mass is 177 g/mol. The van der Waals surface area contributed by atoms with Crippen LogP contribution < -0.4 is 0 Å². The summed E-state index contributed by atoms with van der Waals surface area (Å²) < 4.78 is 0. The Kier molecular flexibility index (Phi) is 3.07. The number of aromatic nitrogens is 1. The van der Waals surface area contributed by atoms with E-state index in [4.69, 9.17) is 0 Å². The Labute approximate surface area is 81.2 Å². The molecule has 0 spiro atoms. The van der Waals surface area contributed by atoms with Crippen LogP contribution in [0, 0.1) is 11.3 Å². The number of rotatable bonds is 2. The fourth-order valence-electron chi connectivity index (χ4n) is 1.18. The van der Waals surface area contributed by atoms with E-state index >= 15 is 0 Å². The highest BCUT2D eigenvalue weighted by Crippen LogP contribution is 2.27. The predicted molar refractivity (Wildman–Crippen MR) is 56.6 cm³/mol. The van der Waals surface area contributed by atoms with Crippen LogP contribution in [0.1, 0.15) is 33.3 Å². The summed E-state index contributed by atoms with van der Waals surface area (Å²) in [6.07, 6.45) is 4.91. The first-order valence-electron chi connectivity index (χ1n) is 4.89. The Morgan fingerprint density at radius 1 is 1.38 bits per heavy atom. The first-order valence-corrected chi connectivity index (χ1v) is 4.89. The molecule has 0 aliphatic rings. The van der Waals surface area contributed by atoms with Gasteiger partial charge in [-0.3, -0.25) is 4.98 Å². The summed E-state index contributed by atoms with van der Waals surface area (Å²) in [5.41, 5.74) is 1.72. The maximum absolute atomic E-state index is 4.12. The van der Waals surface area contributed by atoms with Crippen molar-refractivity contribution in [3.8, 4) is 0 Å². The molecule has 0 bridgehead atoms. The third-order valence-corrected chi connectivity index (χ3v) is 2.74. The fraction of sp³-hybridized carbons (Fsp3) is 0.583. The molecule has 1 atom stereocenters. The molecule has 0 radical (unpaired) electrons. The van der Waals surface area contributed by atoms with Crippen molar-refractivity contribution in [2.45, 2.75) is 34.1 Å². The lowest BCUT2D eigenvalue weighted by Crippen LogP contribution is -2.19. The molecule has 0 aliphatic carbocycles. The zero-order valence-corrected chi connectivity index (χ0v) is 9.04. The fourth-order valence-corrected chi connectivity index (χ4v) is 1.18. The highest BCUT2D eigenvalue weighted by molar-refractivity contribution is 5.09. The molecule has 0 saturated heterocycles. The Hall–Kier alpha value is -0.850. The third-order valence-electron chi connectivity index (χ3n) is 2.74. The predicted octanol–water partition coefficient (Wildman–Crippen LogP) is 3.31. The Bertz CT molecular complexity index is 246. The van der Waals surface area contributed by atoms with Crippen molar-refractivity contribution >= 4 is 0 Å². The SMILES string of the molecule is CC(Cc1cccnc1)C(C)(C)C. The molecular formula is C12H19N. The van der Waals surface area contributed by atoms with Crippen molar-refractivity contribution in [1.29, 1.82) is 0 Å². The lowest BCUT2D eigenvalue weighted by molar-refractivity contribution is 0.260. The van der Waals surface area contributed by atoms with Crippen LogP contribution in [-0.4, -0.2) is 4.98 Å². The van der Waals surface area contributed by atoms with E-state index in [2.05, 4.69) is 38.7 Å². The topological polar surface area (TPSA) is 12.9 Å². The highest BCUT2D eigenvalue weighted by atomic mass is 14.6. The molecule has 1 heterocycles. The second-order valence-electron chi connectivity index (χ2n) is 4.83. The summed E-state index contributed by atoms with van der Waals surface area (Å²) in [5.74, 6) is 0.691. The minimum absolute atomic E-state index is 0.385. The number of hydrogen-bond donors (Lipinski definition) is 0. The van der Waals surface area contributed by atoms with Gasteiger partial charge in [0.15, 0.2) is 0 Å². The smallest absolute Gasteiger partial charge is 0.0299 e. The lowest BCUT2D eigenvalue weighted by Gasteiger charge is -2.27. The van der Waals surface area contributed by atoms with Gasteiger partial charge >= 0.3 is 0 Å². The molecule has 13 heavy (non-hydrogen) atoms. The van der Waals surface area contributed by atoms with Gasteiger partial charge in [0, 0.05) is 12.4 Å². The van der Waals surface area contributed by atoms with Crippen molar-refractivity contribution in [3.05, 3.63) is 30.1 Å². The highest BCUT2D eigenvalue weighted by Gasteiger charge is 2.19. The molecule has 1 aromatic rings. The first kappa shape index (κ1) is 10.2. The summed E-state index contributed by atoms with van der Waals surface area (Å²) in [5, 5.41) is 0. The van der Waals surface area contributed by atoms with Crippen LogP contribution in [0.5, 0.6) is 0 Å². The van der Waals surface area contributed by atoms with Gasteiger partial charge in [-0.2, -0.15) is 0 Å². The molecule has 1 rings (SSSR count). The average Bonchev–Trinajstić information content (AvgIpc) is 2.04. The lowest BCUT2D eigenvalue weighted by atomic mass is 9.79. The molecule has 0 aromatic carbocycles. The van der Waals surface area contributed by atoms with Gasteiger partial charge in [0.1, 0.15) is 0 Å². The molecule has 0 aliphatic heterocycles. The number of pyridine rings is 1. The molecule has 0 saturated carbocycles. The van der Waals surface area contributed by atoms with Gasteiger partial charge < -0.3 is 0 Å². The number of nitrogens with zero attached hydrogens (tertiary/aromatic N) is 1. The van der Waals surface area contributed by atoms with Gasteiger partial charge in [-0.1, -0.05) is 33.8 Å². The number of hydrogen-bond acceptors (Lipinski definition) is 1. The van der Waals surface area contributed by atoms with Crippen molar-refractivity contribution in [1.82, 2.24) is 4.98 Å². The van der Waals surface area contributed by atoms with Gasteiger partial charge in [-0.25, -0.2) is 0 Å². The summed E-state index contributed by atoms with van der Waals surface area (Å²) in [7, 11) is 0. The van der Waals surface area contributed by atoms with Crippen LogP contribution in [-0.2, 0) is 6.42 Å². The van der Waals surface area contributed by atoms with E-state index in [0.29, 0.717) is 11.3 Å². The van der Waals surface area contributed by atoms with E-state index in [1.165, 1.54) is 5.56 Å². The Morgan fingerprint density at radius 2 is 2.08 bits per heavy atom. The maximum Gasteiger partial charge on any atom is 0.0299 e. The summed E-state index contributed by atoms with van der Waals surface area (Å²) in [4.78, 5) is 4.12. The third kappa shape index (κ3) is 3.17. The van der Waals surface area contributed by atoms with Crippen LogP contribution >= 0.6 is 0 Å². The summed E-state index contributed by atoms with van der Waals surface area (Å²) in [6, 6.07) is 4.15. The van der Waals surface area contributed by atoms with Gasteiger partial charge in [-0.15, -0.1) is 0 Å². The van der Waals surface area contributed by atoms with Crippen molar-refractivity contribution in [2.75, 3.05) is 0 Å². The summed E-state index contributed by atoms with van der Waals surface area (Å²) >= 11 is 0. The molecule has 0 amide bonds. The van der Waals surface area contributed by atoms with Crippen LogP contribution in [0.25, 0.3) is 0 Å². The quantitative estimate of drug-likeness (QED) is 0.675. The Balaban J connectivity index is 2.61. The minimum Gasteiger partial charge on any atom is -0.264 e. The van der Waals surface area contributed by atoms with Crippen molar-refractivity contribution in [2.24, 2.45) is 11.3 Å². The van der Waals surface area contributed by atoms with Gasteiger partial charge in [0.25, 0.3) is 0 Å². The molecule has 1 heteroatoms. The molecular weight excluding hydrogens is 158 g/mol. The van der Waals surface area contributed by atoms with Crippen LogP contribution in [0.2, 0.25) is 0 Å². The molecule has 1 nitrogen and oxygen atoms in total. The Morgan fingerprint density at radius 3 is 2.54 bits per heavy atom. The van der Waals surface area contributed by atoms with Gasteiger partial charge in [0.2, 0.25) is 0 Å². The minimum atomic E-state index is 0.385. The zero-order chi connectivity index (χ0) is 9.90.